The zero-order valence-electron chi connectivity index (χ0n) is 14.3. The molecule has 0 fully saturated rings. The van der Waals surface area contributed by atoms with Crippen molar-refractivity contribution < 1.29 is 101 Å². The van der Waals surface area contributed by atoms with Gasteiger partial charge in [0.1, 0.15) is 0 Å². The Morgan fingerprint density at radius 2 is 0.500 bits per heavy atom. The fourth-order valence-corrected chi connectivity index (χ4v) is 1.71. The van der Waals surface area contributed by atoms with Crippen molar-refractivity contribution in [3.63, 3.8) is 0 Å². The molecule has 0 aromatic rings. The summed E-state index contributed by atoms with van der Waals surface area (Å²) in [5, 5.41) is 0. The molecule has 0 aromatic heterocycles. The second-order valence-electron chi connectivity index (χ2n) is 6.05. The van der Waals surface area contributed by atoms with Gasteiger partial charge in [0.2, 0.25) is 6.17 Å². The lowest BCUT2D eigenvalue weighted by molar-refractivity contribution is -0.466. The summed E-state index contributed by atoms with van der Waals surface area (Å²) in [6, 6.07) is 0. The van der Waals surface area contributed by atoms with Crippen LogP contribution in [0.15, 0.2) is 0 Å². The molecule has 0 radical (unpaired) electrons. The summed E-state index contributed by atoms with van der Waals surface area (Å²) in [5.41, 5.74) is 0. The predicted molar refractivity (Wildman–Crippen MR) is 56.6 cm³/mol. The number of alkyl halides is 23. The smallest absolute Gasteiger partial charge is 0.233 e. The summed E-state index contributed by atoms with van der Waals surface area (Å²) in [7, 11) is 0. The van der Waals surface area contributed by atoms with Gasteiger partial charge >= 0.3 is 59.7 Å². The summed E-state index contributed by atoms with van der Waals surface area (Å²) < 4.78 is 291. The van der Waals surface area contributed by atoms with Crippen molar-refractivity contribution in [2.45, 2.75) is 65.9 Å². The topological polar surface area (TPSA) is 0 Å². The van der Waals surface area contributed by atoms with Crippen LogP contribution in [0.1, 0.15) is 0 Å². The number of hydrogen-bond donors (Lipinski definition) is 0. The van der Waals surface area contributed by atoms with Gasteiger partial charge < -0.3 is 0 Å². The highest BCUT2D eigenvalue weighted by Gasteiger charge is 2.96. The highest BCUT2D eigenvalue weighted by atomic mass is 19.4. The van der Waals surface area contributed by atoms with Crippen molar-refractivity contribution in [2.24, 2.45) is 0 Å². The van der Waals surface area contributed by atoms with Crippen molar-refractivity contribution >= 4 is 0 Å². The van der Waals surface area contributed by atoms with E-state index in [0.29, 0.717) is 0 Å². The molecule has 0 aliphatic carbocycles. The van der Waals surface area contributed by atoms with E-state index in [4.69, 9.17) is 0 Å². The van der Waals surface area contributed by atoms with Crippen molar-refractivity contribution in [3.05, 3.63) is 0 Å². The van der Waals surface area contributed by atoms with Crippen LogP contribution in [-0.2, 0) is 0 Å². The maximum atomic E-state index is 13.2. The monoisotopic (exact) mass is 570 g/mol. The molecule has 1 unspecified atom stereocenters. The zero-order valence-corrected chi connectivity index (χ0v) is 14.3. The van der Waals surface area contributed by atoms with Gasteiger partial charge in [0, 0.05) is 0 Å². The Morgan fingerprint density at radius 3 is 0.735 bits per heavy atom. The average Bonchev–Trinajstić information content (AvgIpc) is 2.57. The molecule has 1 atom stereocenters. The fourth-order valence-electron chi connectivity index (χ4n) is 1.71. The SMILES string of the molecule is FC(C(F)(F)C(F)(F)F)C(F)(F)C(F)(F)C(F)(F)C(F)(F)C(F)(F)C(F)(F)C(F)(F)C(F)(F)F. The molecule has 0 bridgehead atoms. The van der Waals surface area contributed by atoms with Crippen molar-refractivity contribution in [3.8, 4) is 0 Å². The standard InChI is InChI=1S/C11HF23/c12-1(3(15,16)10(29,30)31)2(13,14)4(17,18)5(19,20)6(21,22)7(23,24)8(25,26)9(27,28)11(32,33)34/h1H. The van der Waals surface area contributed by atoms with E-state index < -0.39 is 65.9 Å². The van der Waals surface area contributed by atoms with Gasteiger partial charge in [-0.15, -0.1) is 0 Å². The molecule has 0 saturated heterocycles. The summed E-state index contributed by atoms with van der Waals surface area (Å²) in [5.74, 6) is -70.4. The Labute approximate surface area is 168 Å². The minimum atomic E-state index is -9.24. The van der Waals surface area contributed by atoms with Gasteiger partial charge in [-0.25, -0.2) is 4.39 Å². The summed E-state index contributed by atoms with van der Waals surface area (Å²) >= 11 is 0. The third kappa shape index (κ3) is 3.87. The van der Waals surface area contributed by atoms with Crippen LogP contribution in [0.25, 0.3) is 0 Å². The molecule has 0 aromatic carbocycles. The molecule has 34 heavy (non-hydrogen) atoms. The second kappa shape index (κ2) is 7.69. The van der Waals surface area contributed by atoms with E-state index in [9.17, 15) is 101 Å². The molecule has 23 heteroatoms. The Bertz CT molecular complexity index is 733. The molecular weight excluding hydrogens is 569 g/mol. The maximum absolute atomic E-state index is 13.2. The Morgan fingerprint density at radius 1 is 0.265 bits per heavy atom. The van der Waals surface area contributed by atoms with Crippen LogP contribution in [-0.4, -0.2) is 65.9 Å². The highest BCUT2D eigenvalue weighted by Crippen LogP contribution is 2.65. The average molecular weight is 570 g/mol. The normalized spacial score (nSPS) is 17.7. The van der Waals surface area contributed by atoms with Crippen molar-refractivity contribution in [1.29, 1.82) is 0 Å². The van der Waals surface area contributed by atoms with Gasteiger partial charge in [0.25, 0.3) is 0 Å². The zero-order chi connectivity index (χ0) is 28.6. The number of hydrogen-bond acceptors (Lipinski definition) is 0. The van der Waals surface area contributed by atoms with Crippen LogP contribution in [0.5, 0.6) is 0 Å². The van der Waals surface area contributed by atoms with E-state index >= 15 is 0 Å². The molecule has 0 aliphatic heterocycles. The van der Waals surface area contributed by atoms with Crippen LogP contribution in [0, 0.1) is 0 Å². The van der Waals surface area contributed by atoms with Crippen LogP contribution in [0.3, 0.4) is 0 Å². The van der Waals surface area contributed by atoms with Gasteiger partial charge in [-0.1, -0.05) is 0 Å². The summed E-state index contributed by atoms with van der Waals surface area (Å²) in [6.45, 7) is 0. The van der Waals surface area contributed by atoms with Crippen LogP contribution < -0.4 is 0 Å². The molecule has 0 rings (SSSR count). The lowest BCUT2D eigenvalue weighted by Crippen LogP contribution is -2.76. The van der Waals surface area contributed by atoms with Crippen LogP contribution in [0.4, 0.5) is 101 Å². The van der Waals surface area contributed by atoms with Crippen LogP contribution >= 0.6 is 0 Å². The molecule has 206 valence electrons. The van der Waals surface area contributed by atoms with Gasteiger partial charge in [-0.2, -0.15) is 96.6 Å². The second-order valence-corrected chi connectivity index (χ2v) is 6.05. The first-order valence-electron chi connectivity index (χ1n) is 6.95. The lowest BCUT2D eigenvalue weighted by Gasteiger charge is -2.43. The molecule has 0 saturated carbocycles. The van der Waals surface area contributed by atoms with E-state index in [1.807, 2.05) is 0 Å². The number of rotatable bonds is 8. The largest absolute Gasteiger partial charge is 0.460 e. The van der Waals surface area contributed by atoms with E-state index in [2.05, 4.69) is 0 Å². The quantitative estimate of drug-likeness (QED) is 0.265. The molecular formula is C11HF23. The Kier molecular flexibility index (Phi) is 7.33. The first-order chi connectivity index (χ1) is 14.2. The first kappa shape index (κ1) is 32.4. The lowest BCUT2D eigenvalue weighted by atomic mass is 9.87. The van der Waals surface area contributed by atoms with E-state index in [-0.39, 0.29) is 0 Å². The van der Waals surface area contributed by atoms with E-state index in [0.717, 1.165) is 0 Å². The maximum Gasteiger partial charge on any atom is 0.460 e. The minimum absolute atomic E-state index is 7.05. The molecule has 0 nitrogen and oxygen atoms in total. The first-order valence-corrected chi connectivity index (χ1v) is 6.95. The highest BCUT2D eigenvalue weighted by molar-refractivity contribution is 5.16. The fraction of sp³-hybridized carbons (Fsp3) is 1.00. The third-order valence-electron chi connectivity index (χ3n) is 3.76. The number of halogens is 23. The van der Waals surface area contributed by atoms with Crippen molar-refractivity contribution in [1.82, 2.24) is 0 Å². The molecule has 0 N–H and O–H groups in total. The van der Waals surface area contributed by atoms with Gasteiger partial charge in [-0.3, -0.25) is 0 Å². The Balaban J connectivity index is 6.96. The summed E-state index contributed by atoms with van der Waals surface area (Å²) in [6.07, 6.45) is -22.8. The van der Waals surface area contributed by atoms with Crippen LogP contribution in [0.2, 0.25) is 0 Å². The molecule has 0 spiro atoms. The third-order valence-corrected chi connectivity index (χ3v) is 3.76. The summed E-state index contributed by atoms with van der Waals surface area (Å²) in [4.78, 5) is 0. The molecule has 0 heterocycles. The van der Waals surface area contributed by atoms with E-state index in [1.165, 1.54) is 0 Å². The Hall–Kier alpha value is -1.61. The van der Waals surface area contributed by atoms with Gasteiger partial charge in [0.05, 0.1) is 0 Å². The molecule has 0 amide bonds. The minimum Gasteiger partial charge on any atom is -0.233 e. The van der Waals surface area contributed by atoms with E-state index in [1.54, 1.807) is 0 Å². The van der Waals surface area contributed by atoms with Gasteiger partial charge in [-0.05, 0) is 0 Å². The molecule has 0 aliphatic rings. The predicted octanol–water partition coefficient (Wildman–Crippen LogP) is 7.53. The van der Waals surface area contributed by atoms with Gasteiger partial charge in [0.15, 0.2) is 0 Å². The van der Waals surface area contributed by atoms with Crippen molar-refractivity contribution in [2.75, 3.05) is 0 Å².